The molecule has 1 saturated carbocycles. The van der Waals surface area contributed by atoms with Gasteiger partial charge in [0.1, 0.15) is 11.6 Å². The van der Waals surface area contributed by atoms with Crippen LogP contribution in [0.25, 0.3) is 0 Å². The second kappa shape index (κ2) is 7.47. The van der Waals surface area contributed by atoms with E-state index in [1.54, 1.807) is 6.20 Å². The van der Waals surface area contributed by atoms with Crippen LogP contribution in [0.1, 0.15) is 59.2 Å². The highest BCUT2D eigenvalue weighted by Gasteiger charge is 2.18. The Morgan fingerprint density at radius 2 is 1.92 bits per heavy atom. The molecule has 1 amide bonds. The molecule has 6 nitrogen and oxygen atoms in total. The number of amides is 1. The average Bonchev–Trinajstić information content (AvgIpc) is 3.35. The Labute approximate surface area is 152 Å². The normalized spacial score (nSPS) is 14.5. The lowest BCUT2D eigenvalue weighted by molar-refractivity contribution is 0.101. The molecule has 1 aromatic carbocycles. The molecule has 2 heterocycles. The van der Waals surface area contributed by atoms with Crippen LogP contribution in [0.4, 0.5) is 5.82 Å². The minimum absolute atomic E-state index is 0.198. The molecule has 0 aliphatic heterocycles. The summed E-state index contributed by atoms with van der Waals surface area (Å²) in [6.07, 6.45) is 7.33. The summed E-state index contributed by atoms with van der Waals surface area (Å²) < 4.78 is 0. The summed E-state index contributed by atoms with van der Waals surface area (Å²) in [6.45, 7) is 0. The molecule has 0 saturated heterocycles. The summed E-state index contributed by atoms with van der Waals surface area (Å²) in [5.41, 5.74) is 2.36. The number of anilines is 1. The Morgan fingerprint density at radius 3 is 2.73 bits per heavy atom. The first-order valence-electron chi connectivity index (χ1n) is 9.01. The molecule has 0 unspecified atom stereocenters. The number of nitrogens with zero attached hydrogens (tertiary/aromatic N) is 3. The Bertz CT molecular complexity index is 884. The highest BCUT2D eigenvalue weighted by atomic mass is 16.2. The summed E-state index contributed by atoms with van der Waals surface area (Å²) in [5.74, 6) is 1.67. The fraction of sp³-hybridized carbons (Fsp3) is 0.300. The molecule has 0 radical (unpaired) electrons. The molecule has 0 bridgehead atoms. The van der Waals surface area contributed by atoms with Crippen molar-refractivity contribution in [3.05, 3.63) is 71.4 Å². The number of carbonyl (C=O) groups is 1. The van der Waals surface area contributed by atoms with Crippen molar-refractivity contribution in [2.75, 3.05) is 5.32 Å². The molecule has 3 aromatic rings. The maximum atomic E-state index is 12.4. The molecular weight excluding hydrogens is 326 g/mol. The van der Waals surface area contributed by atoms with E-state index in [-0.39, 0.29) is 11.7 Å². The third kappa shape index (κ3) is 3.79. The third-order valence-electron chi connectivity index (χ3n) is 4.82. The van der Waals surface area contributed by atoms with Gasteiger partial charge in [0.05, 0.1) is 0 Å². The molecule has 26 heavy (non-hydrogen) atoms. The molecule has 6 heteroatoms. The van der Waals surface area contributed by atoms with E-state index in [0.29, 0.717) is 24.0 Å². The molecule has 2 N–H and O–H groups in total. The smallest absolute Gasteiger partial charge is 0.294 e. The molecule has 0 spiro atoms. The van der Waals surface area contributed by atoms with Crippen LogP contribution in [0, 0.1) is 0 Å². The van der Waals surface area contributed by atoms with Crippen molar-refractivity contribution in [2.24, 2.45) is 0 Å². The van der Waals surface area contributed by atoms with E-state index in [1.807, 2.05) is 42.5 Å². The van der Waals surface area contributed by atoms with Crippen LogP contribution in [0.15, 0.2) is 48.7 Å². The van der Waals surface area contributed by atoms with Gasteiger partial charge in [0.25, 0.3) is 5.91 Å². The van der Waals surface area contributed by atoms with E-state index < -0.39 is 0 Å². The number of H-pyrrole nitrogens is 1. The fourth-order valence-electron chi connectivity index (χ4n) is 3.47. The van der Waals surface area contributed by atoms with Crippen molar-refractivity contribution in [1.82, 2.24) is 20.2 Å². The van der Waals surface area contributed by atoms with Gasteiger partial charge in [-0.05, 0) is 42.0 Å². The number of hydrogen-bond donors (Lipinski definition) is 2. The summed E-state index contributed by atoms with van der Waals surface area (Å²) >= 11 is 0. The monoisotopic (exact) mass is 347 g/mol. The predicted octanol–water partition coefficient (Wildman–Crippen LogP) is 3.70. The van der Waals surface area contributed by atoms with E-state index in [0.717, 1.165) is 5.56 Å². The van der Waals surface area contributed by atoms with Crippen LogP contribution in [-0.4, -0.2) is 26.1 Å². The van der Waals surface area contributed by atoms with Gasteiger partial charge in [-0.3, -0.25) is 4.79 Å². The number of carbonyl (C=O) groups excluding carboxylic acids is 1. The van der Waals surface area contributed by atoms with Crippen LogP contribution < -0.4 is 5.32 Å². The molecular formula is C20H21N5O. The molecule has 1 aliphatic rings. The van der Waals surface area contributed by atoms with Gasteiger partial charge in [-0.15, -0.1) is 10.2 Å². The Hall–Kier alpha value is -3.02. The Kier molecular flexibility index (Phi) is 4.73. The first-order valence-corrected chi connectivity index (χ1v) is 9.01. The van der Waals surface area contributed by atoms with Crippen LogP contribution in [0.2, 0.25) is 0 Å². The van der Waals surface area contributed by atoms with E-state index in [4.69, 9.17) is 0 Å². The summed E-state index contributed by atoms with van der Waals surface area (Å²) in [5, 5.41) is 10.8. The first kappa shape index (κ1) is 16.4. The number of nitrogens with one attached hydrogen (secondary N) is 2. The van der Waals surface area contributed by atoms with Crippen molar-refractivity contribution in [3.8, 4) is 0 Å². The second-order valence-electron chi connectivity index (χ2n) is 6.69. The van der Waals surface area contributed by atoms with Crippen molar-refractivity contribution in [2.45, 2.75) is 38.0 Å². The van der Waals surface area contributed by atoms with E-state index >= 15 is 0 Å². The first-order chi connectivity index (χ1) is 12.8. The topological polar surface area (TPSA) is 83.6 Å². The lowest BCUT2D eigenvalue weighted by Crippen LogP contribution is -2.15. The van der Waals surface area contributed by atoms with Crippen molar-refractivity contribution >= 4 is 11.7 Å². The highest BCUT2D eigenvalue weighted by molar-refractivity contribution is 6.00. The van der Waals surface area contributed by atoms with E-state index in [2.05, 4.69) is 25.5 Å². The summed E-state index contributed by atoms with van der Waals surface area (Å²) in [4.78, 5) is 19.7. The number of benzene rings is 1. The van der Waals surface area contributed by atoms with Crippen molar-refractivity contribution in [3.63, 3.8) is 0 Å². The van der Waals surface area contributed by atoms with Gasteiger partial charge >= 0.3 is 0 Å². The van der Waals surface area contributed by atoms with Crippen molar-refractivity contribution in [1.29, 1.82) is 0 Å². The lowest BCUT2D eigenvalue weighted by atomic mass is 9.99. The van der Waals surface area contributed by atoms with Crippen LogP contribution in [0.5, 0.6) is 0 Å². The zero-order valence-corrected chi connectivity index (χ0v) is 14.5. The maximum Gasteiger partial charge on any atom is 0.294 e. The molecule has 0 atom stereocenters. The van der Waals surface area contributed by atoms with Gasteiger partial charge in [-0.2, -0.15) is 0 Å². The zero-order chi connectivity index (χ0) is 17.8. The molecule has 132 valence electrons. The SMILES string of the molecule is O=C(Nc1cc(C2CCCC2)ccn1)c1nnc(Cc2ccccc2)[nH]1. The molecule has 1 fully saturated rings. The minimum Gasteiger partial charge on any atom is -0.321 e. The number of aromatic nitrogens is 4. The minimum atomic E-state index is -0.326. The van der Waals surface area contributed by atoms with E-state index in [1.165, 1.54) is 31.2 Å². The maximum absolute atomic E-state index is 12.4. The van der Waals surface area contributed by atoms with Gasteiger partial charge in [-0.1, -0.05) is 43.2 Å². The van der Waals surface area contributed by atoms with Crippen LogP contribution in [-0.2, 0) is 6.42 Å². The van der Waals surface area contributed by atoms with Crippen LogP contribution in [0.3, 0.4) is 0 Å². The second-order valence-corrected chi connectivity index (χ2v) is 6.69. The molecule has 1 aliphatic carbocycles. The number of aromatic amines is 1. The quantitative estimate of drug-likeness (QED) is 0.737. The van der Waals surface area contributed by atoms with Crippen LogP contribution >= 0.6 is 0 Å². The Morgan fingerprint density at radius 1 is 1.12 bits per heavy atom. The average molecular weight is 347 g/mol. The molecule has 2 aromatic heterocycles. The van der Waals surface area contributed by atoms with Gasteiger partial charge in [-0.25, -0.2) is 4.98 Å². The third-order valence-corrected chi connectivity index (χ3v) is 4.82. The van der Waals surface area contributed by atoms with Gasteiger partial charge in [0.2, 0.25) is 5.82 Å². The fourth-order valence-corrected chi connectivity index (χ4v) is 3.47. The number of rotatable bonds is 5. The number of hydrogen-bond acceptors (Lipinski definition) is 4. The highest BCUT2D eigenvalue weighted by Crippen LogP contribution is 2.34. The standard InChI is InChI=1S/C20H21N5O/c26-20(19-22-18(24-25-19)12-14-6-2-1-3-7-14)23-17-13-16(10-11-21-17)15-8-4-5-9-15/h1-3,6-7,10-11,13,15H,4-5,8-9,12H2,(H,21,23,26)(H,22,24,25). The lowest BCUT2D eigenvalue weighted by Gasteiger charge is -2.10. The summed E-state index contributed by atoms with van der Waals surface area (Å²) in [6, 6.07) is 14.0. The van der Waals surface area contributed by atoms with E-state index in [9.17, 15) is 4.79 Å². The Balaban J connectivity index is 1.43. The predicted molar refractivity (Wildman–Crippen MR) is 99.0 cm³/mol. The number of pyridine rings is 1. The zero-order valence-electron chi connectivity index (χ0n) is 14.5. The van der Waals surface area contributed by atoms with Gasteiger partial charge < -0.3 is 10.3 Å². The summed E-state index contributed by atoms with van der Waals surface area (Å²) in [7, 11) is 0. The van der Waals surface area contributed by atoms with Gasteiger partial charge in [0.15, 0.2) is 0 Å². The van der Waals surface area contributed by atoms with Gasteiger partial charge in [0, 0.05) is 12.6 Å². The van der Waals surface area contributed by atoms with Crippen molar-refractivity contribution < 1.29 is 4.79 Å². The molecule has 4 rings (SSSR count). The largest absolute Gasteiger partial charge is 0.321 e.